The standard InChI is InChI=1S/C16H9F3N2O/c17-16(18,19)22-13-3-1-2-11(7-13)15-8-12-6-10(9-20)4-5-14(12)21-15/h1-8,21H. The summed E-state index contributed by atoms with van der Waals surface area (Å²) in [5, 5.41) is 9.70. The number of hydrogen-bond donors (Lipinski definition) is 1. The number of nitrogens with zero attached hydrogens (tertiary/aromatic N) is 1. The molecule has 1 aromatic heterocycles. The van der Waals surface area contributed by atoms with Crippen molar-refractivity contribution in [2.45, 2.75) is 6.36 Å². The summed E-state index contributed by atoms with van der Waals surface area (Å²) in [5.41, 5.74) is 2.54. The Bertz CT molecular complexity index is 875. The maximum absolute atomic E-state index is 12.3. The van der Waals surface area contributed by atoms with Crippen molar-refractivity contribution in [3.63, 3.8) is 0 Å². The summed E-state index contributed by atoms with van der Waals surface area (Å²) in [5.74, 6) is -0.277. The van der Waals surface area contributed by atoms with Gasteiger partial charge in [-0.3, -0.25) is 0 Å². The monoisotopic (exact) mass is 302 g/mol. The van der Waals surface area contributed by atoms with Gasteiger partial charge in [-0.05, 0) is 36.4 Å². The third-order valence-electron chi connectivity index (χ3n) is 3.13. The number of nitriles is 1. The van der Waals surface area contributed by atoms with Crippen molar-refractivity contribution >= 4 is 10.9 Å². The molecule has 1 N–H and O–H groups in total. The minimum Gasteiger partial charge on any atom is -0.406 e. The number of nitrogens with one attached hydrogen (secondary N) is 1. The van der Waals surface area contributed by atoms with Crippen molar-refractivity contribution in [3.8, 4) is 23.1 Å². The maximum atomic E-state index is 12.3. The fraction of sp³-hybridized carbons (Fsp3) is 0.0625. The van der Waals surface area contributed by atoms with E-state index < -0.39 is 6.36 Å². The molecule has 3 nitrogen and oxygen atoms in total. The Morgan fingerprint density at radius 2 is 1.86 bits per heavy atom. The molecule has 0 saturated carbocycles. The lowest BCUT2D eigenvalue weighted by Crippen LogP contribution is -2.17. The molecule has 0 unspecified atom stereocenters. The van der Waals surface area contributed by atoms with E-state index in [0.717, 1.165) is 10.9 Å². The Balaban J connectivity index is 2.00. The summed E-state index contributed by atoms with van der Waals surface area (Å²) in [4.78, 5) is 3.11. The number of aromatic nitrogens is 1. The highest BCUT2D eigenvalue weighted by Gasteiger charge is 2.31. The Hall–Kier alpha value is -2.94. The summed E-state index contributed by atoms with van der Waals surface area (Å²) in [6.45, 7) is 0. The van der Waals surface area contributed by atoms with Crippen LogP contribution in [0.25, 0.3) is 22.2 Å². The Labute approximate surface area is 123 Å². The van der Waals surface area contributed by atoms with Crippen LogP contribution in [0.5, 0.6) is 5.75 Å². The van der Waals surface area contributed by atoms with E-state index in [0.29, 0.717) is 16.8 Å². The molecule has 6 heteroatoms. The first-order chi connectivity index (χ1) is 10.4. The molecule has 0 amide bonds. The van der Waals surface area contributed by atoms with Crippen molar-refractivity contribution in [3.05, 3.63) is 54.1 Å². The van der Waals surface area contributed by atoms with Crippen LogP contribution in [0.15, 0.2) is 48.5 Å². The first-order valence-electron chi connectivity index (χ1n) is 6.34. The van der Waals surface area contributed by atoms with Crippen molar-refractivity contribution in [2.75, 3.05) is 0 Å². The second-order valence-electron chi connectivity index (χ2n) is 4.67. The van der Waals surface area contributed by atoms with Crippen LogP contribution in [0.4, 0.5) is 13.2 Å². The van der Waals surface area contributed by atoms with E-state index >= 15 is 0 Å². The van der Waals surface area contributed by atoms with Gasteiger partial charge in [-0.2, -0.15) is 5.26 Å². The van der Waals surface area contributed by atoms with Crippen LogP contribution in [0.1, 0.15) is 5.56 Å². The zero-order valence-electron chi connectivity index (χ0n) is 11.1. The van der Waals surface area contributed by atoms with Gasteiger partial charge < -0.3 is 9.72 Å². The van der Waals surface area contributed by atoms with Gasteiger partial charge in [0.1, 0.15) is 5.75 Å². The average Bonchev–Trinajstić information content (AvgIpc) is 2.88. The highest BCUT2D eigenvalue weighted by Crippen LogP contribution is 2.29. The first-order valence-corrected chi connectivity index (χ1v) is 6.34. The molecule has 0 atom stereocenters. The fourth-order valence-corrected chi connectivity index (χ4v) is 2.22. The summed E-state index contributed by atoms with van der Waals surface area (Å²) >= 11 is 0. The minimum atomic E-state index is -4.72. The SMILES string of the molecule is N#Cc1ccc2[nH]c(-c3cccc(OC(F)(F)F)c3)cc2c1. The smallest absolute Gasteiger partial charge is 0.406 e. The molecule has 0 aliphatic heterocycles. The van der Waals surface area contributed by atoms with Crippen molar-refractivity contribution < 1.29 is 17.9 Å². The normalized spacial score (nSPS) is 11.4. The molecule has 0 bridgehead atoms. The number of fused-ring (bicyclic) bond motifs is 1. The molecule has 0 aliphatic carbocycles. The Morgan fingerprint density at radius 3 is 2.59 bits per heavy atom. The lowest BCUT2D eigenvalue weighted by Gasteiger charge is -2.09. The quantitative estimate of drug-likeness (QED) is 0.751. The van der Waals surface area contributed by atoms with Gasteiger partial charge in [-0.15, -0.1) is 13.2 Å². The van der Waals surface area contributed by atoms with Gasteiger partial charge in [0.25, 0.3) is 0 Å². The molecular formula is C16H9F3N2O. The number of H-pyrrole nitrogens is 1. The lowest BCUT2D eigenvalue weighted by atomic mass is 10.1. The van der Waals surface area contributed by atoms with Crippen LogP contribution in [-0.2, 0) is 0 Å². The van der Waals surface area contributed by atoms with Crippen LogP contribution in [-0.4, -0.2) is 11.3 Å². The molecule has 3 aromatic rings. The molecule has 0 aliphatic rings. The van der Waals surface area contributed by atoms with Gasteiger partial charge in [-0.1, -0.05) is 12.1 Å². The third kappa shape index (κ3) is 2.88. The summed E-state index contributed by atoms with van der Waals surface area (Å²) in [6.07, 6.45) is -4.72. The highest BCUT2D eigenvalue weighted by molar-refractivity contribution is 5.87. The van der Waals surface area contributed by atoms with Crippen LogP contribution in [0.2, 0.25) is 0 Å². The van der Waals surface area contributed by atoms with Gasteiger partial charge in [-0.25, -0.2) is 0 Å². The van der Waals surface area contributed by atoms with E-state index in [9.17, 15) is 13.2 Å². The van der Waals surface area contributed by atoms with Gasteiger partial charge in [0.05, 0.1) is 11.6 Å². The number of halogens is 3. The van der Waals surface area contributed by atoms with Gasteiger partial charge in [0.15, 0.2) is 0 Å². The van der Waals surface area contributed by atoms with E-state index in [1.54, 1.807) is 30.3 Å². The van der Waals surface area contributed by atoms with E-state index in [2.05, 4.69) is 9.72 Å². The molecule has 1 heterocycles. The first kappa shape index (κ1) is 14.0. The van der Waals surface area contributed by atoms with Gasteiger partial charge in [0, 0.05) is 22.2 Å². The predicted octanol–water partition coefficient (Wildman–Crippen LogP) is 4.61. The Morgan fingerprint density at radius 1 is 1.05 bits per heavy atom. The van der Waals surface area contributed by atoms with E-state index in [-0.39, 0.29) is 5.75 Å². The summed E-state index contributed by atoms with van der Waals surface area (Å²) < 4.78 is 40.7. The van der Waals surface area contributed by atoms with Crippen molar-refractivity contribution in [2.24, 2.45) is 0 Å². The molecule has 2 aromatic carbocycles. The molecule has 0 spiro atoms. The molecule has 0 saturated heterocycles. The minimum absolute atomic E-state index is 0.277. The van der Waals surface area contributed by atoms with Crippen molar-refractivity contribution in [1.82, 2.24) is 4.98 Å². The molecule has 0 fully saturated rings. The molecular weight excluding hydrogens is 293 g/mol. The van der Waals surface area contributed by atoms with Crippen LogP contribution in [0.3, 0.4) is 0 Å². The average molecular weight is 302 g/mol. The number of alkyl halides is 3. The van der Waals surface area contributed by atoms with E-state index in [4.69, 9.17) is 5.26 Å². The lowest BCUT2D eigenvalue weighted by molar-refractivity contribution is -0.274. The van der Waals surface area contributed by atoms with Crippen LogP contribution >= 0.6 is 0 Å². The highest BCUT2D eigenvalue weighted by atomic mass is 19.4. The van der Waals surface area contributed by atoms with Gasteiger partial charge in [0.2, 0.25) is 0 Å². The van der Waals surface area contributed by atoms with E-state index in [1.165, 1.54) is 18.2 Å². The number of ether oxygens (including phenoxy) is 1. The largest absolute Gasteiger partial charge is 0.573 e. The molecule has 22 heavy (non-hydrogen) atoms. The molecule has 110 valence electrons. The van der Waals surface area contributed by atoms with Crippen LogP contribution < -0.4 is 4.74 Å². The molecule has 0 radical (unpaired) electrons. The second kappa shape index (κ2) is 5.11. The number of rotatable bonds is 2. The van der Waals surface area contributed by atoms with E-state index in [1.807, 2.05) is 6.07 Å². The number of aromatic amines is 1. The summed E-state index contributed by atoms with van der Waals surface area (Å²) in [7, 11) is 0. The predicted molar refractivity (Wildman–Crippen MR) is 75.1 cm³/mol. The van der Waals surface area contributed by atoms with Gasteiger partial charge >= 0.3 is 6.36 Å². The zero-order chi connectivity index (χ0) is 15.7. The second-order valence-corrected chi connectivity index (χ2v) is 4.67. The Kier molecular flexibility index (Phi) is 3.26. The van der Waals surface area contributed by atoms with Crippen molar-refractivity contribution in [1.29, 1.82) is 5.26 Å². The van der Waals surface area contributed by atoms with Crippen LogP contribution in [0, 0.1) is 11.3 Å². The number of hydrogen-bond acceptors (Lipinski definition) is 2. The zero-order valence-corrected chi connectivity index (χ0v) is 11.1. The fourth-order valence-electron chi connectivity index (χ4n) is 2.22. The maximum Gasteiger partial charge on any atom is 0.573 e. The summed E-state index contributed by atoms with van der Waals surface area (Å²) in [6, 6.07) is 14.7. The topological polar surface area (TPSA) is 48.8 Å². The third-order valence-corrected chi connectivity index (χ3v) is 3.13. The number of benzene rings is 2. The molecule has 3 rings (SSSR count).